The molecule has 0 saturated carbocycles. The predicted molar refractivity (Wildman–Crippen MR) is 111 cm³/mol. The quantitative estimate of drug-likeness (QED) is 0.653. The number of pyridine rings is 1. The molecule has 1 unspecified atom stereocenters. The molecule has 3 aromatic rings. The van der Waals surface area contributed by atoms with Crippen LogP contribution in [0, 0.1) is 5.92 Å². The first-order chi connectivity index (χ1) is 13.6. The number of benzene rings is 1. The van der Waals surface area contributed by atoms with Crippen molar-refractivity contribution in [1.82, 2.24) is 14.7 Å². The highest BCUT2D eigenvalue weighted by atomic mass is 32.2. The van der Waals surface area contributed by atoms with E-state index in [-0.39, 0.29) is 24.2 Å². The third kappa shape index (κ3) is 3.89. The molecule has 1 aliphatic rings. The highest BCUT2D eigenvalue weighted by molar-refractivity contribution is 7.98. The molecule has 28 heavy (non-hydrogen) atoms. The Bertz CT molecular complexity index is 966. The summed E-state index contributed by atoms with van der Waals surface area (Å²) < 4.78 is 1.97. The van der Waals surface area contributed by atoms with Crippen LogP contribution in [0.15, 0.2) is 59.8 Å². The molecule has 2 aromatic heterocycles. The molecule has 2 amide bonds. The number of aromatic nitrogens is 2. The number of imidazole rings is 1. The van der Waals surface area contributed by atoms with E-state index in [2.05, 4.69) is 10.3 Å². The third-order valence-electron chi connectivity index (χ3n) is 4.97. The van der Waals surface area contributed by atoms with Gasteiger partial charge in [0, 0.05) is 48.9 Å². The van der Waals surface area contributed by atoms with E-state index in [0.717, 1.165) is 21.9 Å². The van der Waals surface area contributed by atoms with Gasteiger partial charge in [-0.1, -0.05) is 6.07 Å². The number of nitrogens with one attached hydrogen (secondary N) is 1. The number of fused-ring (bicyclic) bond motifs is 1. The lowest BCUT2D eigenvalue weighted by Crippen LogP contribution is -2.34. The van der Waals surface area contributed by atoms with Crippen molar-refractivity contribution in [1.29, 1.82) is 0 Å². The summed E-state index contributed by atoms with van der Waals surface area (Å²) >= 11 is 1.66. The SMILES string of the molecule is CSc1ccc(N2CC(C(=O)NCCc3cn4ccccc4n3)CC2=O)cc1. The Balaban J connectivity index is 1.31. The summed E-state index contributed by atoms with van der Waals surface area (Å²) in [6.45, 7) is 0.938. The molecular formula is C21H22N4O2S. The summed E-state index contributed by atoms with van der Waals surface area (Å²) in [4.78, 5) is 32.3. The van der Waals surface area contributed by atoms with Crippen LogP contribution in [0.1, 0.15) is 12.1 Å². The van der Waals surface area contributed by atoms with Crippen LogP contribution in [0.4, 0.5) is 5.69 Å². The van der Waals surface area contributed by atoms with E-state index in [1.165, 1.54) is 0 Å². The largest absolute Gasteiger partial charge is 0.355 e. The summed E-state index contributed by atoms with van der Waals surface area (Å²) in [5, 5.41) is 2.96. The lowest BCUT2D eigenvalue weighted by molar-refractivity contribution is -0.126. The minimum absolute atomic E-state index is 0.00241. The number of amides is 2. The van der Waals surface area contributed by atoms with Gasteiger partial charge in [0.1, 0.15) is 5.65 Å². The van der Waals surface area contributed by atoms with Gasteiger partial charge in [0.25, 0.3) is 0 Å². The number of carbonyl (C=O) groups excluding carboxylic acids is 2. The number of nitrogens with zero attached hydrogens (tertiary/aromatic N) is 3. The van der Waals surface area contributed by atoms with E-state index in [1.807, 2.05) is 65.5 Å². The minimum atomic E-state index is -0.311. The summed E-state index contributed by atoms with van der Waals surface area (Å²) in [6, 6.07) is 13.7. The molecule has 0 bridgehead atoms. The van der Waals surface area contributed by atoms with E-state index in [9.17, 15) is 9.59 Å². The number of thioether (sulfide) groups is 1. The van der Waals surface area contributed by atoms with E-state index in [1.54, 1.807) is 16.7 Å². The lowest BCUT2D eigenvalue weighted by atomic mass is 10.1. The minimum Gasteiger partial charge on any atom is -0.355 e. The fraction of sp³-hybridized carbons (Fsp3) is 0.286. The third-order valence-corrected chi connectivity index (χ3v) is 5.72. The molecule has 3 heterocycles. The molecular weight excluding hydrogens is 372 g/mol. The van der Waals surface area contributed by atoms with Gasteiger partial charge in [0.2, 0.25) is 11.8 Å². The Morgan fingerprint density at radius 3 is 2.82 bits per heavy atom. The molecule has 7 heteroatoms. The van der Waals surface area contributed by atoms with Crippen LogP contribution in [0.2, 0.25) is 0 Å². The molecule has 0 aliphatic carbocycles. The molecule has 1 fully saturated rings. The van der Waals surface area contributed by atoms with Gasteiger partial charge >= 0.3 is 0 Å². The summed E-state index contributed by atoms with van der Waals surface area (Å²) in [5.41, 5.74) is 2.68. The summed E-state index contributed by atoms with van der Waals surface area (Å²) in [5.74, 6) is -0.383. The maximum Gasteiger partial charge on any atom is 0.227 e. The molecule has 4 rings (SSSR count). The Labute approximate surface area is 167 Å². The first-order valence-electron chi connectivity index (χ1n) is 9.29. The van der Waals surface area contributed by atoms with E-state index in [4.69, 9.17) is 0 Å². The van der Waals surface area contributed by atoms with Crippen LogP contribution in [0.25, 0.3) is 5.65 Å². The van der Waals surface area contributed by atoms with Crippen molar-refractivity contribution in [3.8, 4) is 0 Å². The highest BCUT2D eigenvalue weighted by Crippen LogP contribution is 2.27. The first kappa shape index (κ1) is 18.6. The topological polar surface area (TPSA) is 66.7 Å². The van der Waals surface area contributed by atoms with Gasteiger partial charge in [-0.3, -0.25) is 9.59 Å². The monoisotopic (exact) mass is 394 g/mol. The van der Waals surface area contributed by atoms with Gasteiger partial charge < -0.3 is 14.6 Å². The van der Waals surface area contributed by atoms with E-state index >= 15 is 0 Å². The summed E-state index contributed by atoms with van der Waals surface area (Å²) in [6.07, 6.45) is 6.86. The van der Waals surface area contributed by atoms with Crippen molar-refractivity contribution in [2.75, 3.05) is 24.2 Å². The van der Waals surface area contributed by atoms with Crippen molar-refractivity contribution in [2.45, 2.75) is 17.7 Å². The Morgan fingerprint density at radius 1 is 1.25 bits per heavy atom. The molecule has 1 N–H and O–H groups in total. The van der Waals surface area contributed by atoms with Crippen LogP contribution in [-0.4, -0.2) is 40.5 Å². The molecule has 1 aliphatic heterocycles. The second kappa shape index (κ2) is 8.06. The van der Waals surface area contributed by atoms with Crippen molar-refractivity contribution >= 4 is 34.9 Å². The molecule has 1 atom stereocenters. The molecule has 0 spiro atoms. The van der Waals surface area contributed by atoms with Crippen LogP contribution in [-0.2, 0) is 16.0 Å². The van der Waals surface area contributed by atoms with Gasteiger partial charge in [-0.25, -0.2) is 4.98 Å². The van der Waals surface area contributed by atoms with E-state index < -0.39 is 0 Å². The lowest BCUT2D eigenvalue weighted by Gasteiger charge is -2.17. The van der Waals surface area contributed by atoms with Crippen LogP contribution >= 0.6 is 11.8 Å². The molecule has 144 valence electrons. The normalized spacial score (nSPS) is 16.7. The zero-order valence-electron chi connectivity index (χ0n) is 15.7. The van der Waals surface area contributed by atoms with Crippen LogP contribution in [0.3, 0.4) is 0 Å². The predicted octanol–water partition coefficient (Wildman–Crippen LogP) is 2.77. The van der Waals surface area contributed by atoms with E-state index in [0.29, 0.717) is 19.5 Å². The second-order valence-electron chi connectivity index (χ2n) is 6.84. The maximum atomic E-state index is 12.5. The maximum absolute atomic E-state index is 12.5. The van der Waals surface area contributed by atoms with Crippen molar-refractivity contribution < 1.29 is 9.59 Å². The number of hydrogen-bond donors (Lipinski definition) is 1. The smallest absolute Gasteiger partial charge is 0.227 e. The average molecular weight is 395 g/mol. The fourth-order valence-electron chi connectivity index (χ4n) is 3.46. The number of carbonyl (C=O) groups is 2. The van der Waals surface area contributed by atoms with Gasteiger partial charge in [0.05, 0.1) is 11.6 Å². The average Bonchev–Trinajstić information content (AvgIpc) is 3.31. The summed E-state index contributed by atoms with van der Waals surface area (Å²) in [7, 11) is 0. The second-order valence-corrected chi connectivity index (χ2v) is 7.72. The van der Waals surface area contributed by atoms with Crippen molar-refractivity contribution in [2.24, 2.45) is 5.92 Å². The van der Waals surface area contributed by atoms with Gasteiger partial charge in [-0.2, -0.15) is 0 Å². The van der Waals surface area contributed by atoms with Crippen molar-refractivity contribution in [3.63, 3.8) is 0 Å². The zero-order chi connectivity index (χ0) is 19.5. The van der Waals surface area contributed by atoms with Crippen LogP contribution in [0.5, 0.6) is 0 Å². The Kier molecular flexibility index (Phi) is 5.34. The Morgan fingerprint density at radius 2 is 2.07 bits per heavy atom. The number of anilines is 1. The fourth-order valence-corrected chi connectivity index (χ4v) is 3.87. The first-order valence-corrected chi connectivity index (χ1v) is 10.5. The van der Waals surface area contributed by atoms with Gasteiger partial charge in [-0.15, -0.1) is 11.8 Å². The van der Waals surface area contributed by atoms with Crippen molar-refractivity contribution in [3.05, 3.63) is 60.6 Å². The number of hydrogen-bond acceptors (Lipinski definition) is 4. The van der Waals surface area contributed by atoms with Gasteiger partial charge in [0.15, 0.2) is 0 Å². The van der Waals surface area contributed by atoms with Gasteiger partial charge in [-0.05, 0) is 42.7 Å². The highest BCUT2D eigenvalue weighted by Gasteiger charge is 2.34. The number of rotatable bonds is 6. The molecule has 0 radical (unpaired) electrons. The molecule has 1 aromatic carbocycles. The molecule has 1 saturated heterocycles. The zero-order valence-corrected chi connectivity index (χ0v) is 16.5. The molecule has 6 nitrogen and oxygen atoms in total. The standard InChI is InChI=1S/C21H22N4O2S/c1-28-18-7-5-17(6-8-18)25-13-15(12-20(25)26)21(27)22-10-9-16-14-24-11-3-2-4-19(24)23-16/h2-8,11,14-15H,9-10,12-13H2,1H3,(H,22,27). The van der Waals surface area contributed by atoms with Crippen LogP contribution < -0.4 is 10.2 Å². The Hall–Kier alpha value is -2.80.